The first-order chi connectivity index (χ1) is 14.9. The minimum atomic E-state index is -3.67. The lowest BCUT2D eigenvalue weighted by atomic mass is 9.97. The zero-order chi connectivity index (χ0) is 22.0. The third kappa shape index (κ3) is 4.71. The van der Waals surface area contributed by atoms with Crippen LogP contribution < -0.4 is 4.90 Å². The predicted octanol–water partition coefficient (Wildman–Crippen LogP) is 3.23. The maximum Gasteiger partial charge on any atom is 0.243 e. The van der Waals surface area contributed by atoms with Crippen LogP contribution in [-0.4, -0.2) is 62.8 Å². The maximum absolute atomic E-state index is 14.0. The van der Waals surface area contributed by atoms with E-state index in [1.54, 1.807) is 35.2 Å². The number of hydrogen-bond acceptors (Lipinski definition) is 4. The molecule has 0 spiro atoms. The van der Waals surface area contributed by atoms with Crippen LogP contribution in [-0.2, 0) is 14.8 Å². The van der Waals surface area contributed by atoms with Crippen LogP contribution in [0.1, 0.15) is 12.8 Å². The number of rotatable bonds is 4. The van der Waals surface area contributed by atoms with Crippen LogP contribution in [0.3, 0.4) is 0 Å². The summed E-state index contributed by atoms with van der Waals surface area (Å²) < 4.78 is 41.4. The molecule has 4 rings (SSSR count). The Labute approximate surface area is 187 Å². The Kier molecular flexibility index (Phi) is 6.50. The van der Waals surface area contributed by atoms with Crippen molar-refractivity contribution >= 4 is 33.2 Å². The van der Waals surface area contributed by atoms with Gasteiger partial charge in [0.05, 0.1) is 16.5 Å². The lowest BCUT2D eigenvalue weighted by molar-refractivity contribution is -0.137. The molecule has 1 amide bonds. The van der Waals surface area contributed by atoms with Crippen molar-refractivity contribution in [1.82, 2.24) is 9.21 Å². The zero-order valence-corrected chi connectivity index (χ0v) is 18.7. The van der Waals surface area contributed by atoms with Crippen LogP contribution in [0, 0.1) is 11.7 Å². The van der Waals surface area contributed by atoms with Gasteiger partial charge in [0.1, 0.15) is 5.82 Å². The molecule has 0 aliphatic carbocycles. The highest BCUT2D eigenvalue weighted by Crippen LogP contribution is 2.27. The number of amides is 1. The Morgan fingerprint density at radius 1 is 0.968 bits per heavy atom. The Hall–Kier alpha value is -2.16. The van der Waals surface area contributed by atoms with E-state index in [0.29, 0.717) is 56.3 Å². The Morgan fingerprint density at radius 3 is 2.32 bits per heavy atom. The summed E-state index contributed by atoms with van der Waals surface area (Å²) in [4.78, 5) is 17.0. The van der Waals surface area contributed by atoms with Crippen molar-refractivity contribution in [2.45, 2.75) is 17.7 Å². The fourth-order valence-electron chi connectivity index (χ4n) is 4.25. The highest BCUT2D eigenvalue weighted by Gasteiger charge is 2.36. The number of para-hydroxylation sites is 1. The molecule has 2 fully saturated rings. The number of carbonyl (C=O) groups excluding carboxylic acids is 1. The number of anilines is 1. The van der Waals surface area contributed by atoms with Gasteiger partial charge < -0.3 is 9.80 Å². The summed E-state index contributed by atoms with van der Waals surface area (Å²) in [6.45, 7) is 2.66. The molecule has 0 unspecified atom stereocenters. The molecule has 2 heterocycles. The highest BCUT2D eigenvalue weighted by atomic mass is 35.5. The standard InChI is InChI=1S/C22H25ClFN3O3S/c23-18-7-9-19(10-8-18)31(29,30)27-11-3-4-17(16-27)22(28)26-14-12-25(13-15-26)21-6-2-1-5-20(21)24/h1-2,5-10,17H,3-4,11-16H2/t17-/m0/s1. The van der Waals surface area contributed by atoms with Gasteiger partial charge in [0.25, 0.3) is 0 Å². The molecule has 1 atom stereocenters. The van der Waals surface area contributed by atoms with Gasteiger partial charge in [0, 0.05) is 44.3 Å². The topological polar surface area (TPSA) is 60.9 Å². The number of piperidine rings is 1. The van der Waals surface area contributed by atoms with E-state index in [0.717, 1.165) is 0 Å². The molecule has 0 bridgehead atoms. The van der Waals surface area contributed by atoms with Crippen molar-refractivity contribution in [2.24, 2.45) is 5.92 Å². The summed E-state index contributed by atoms with van der Waals surface area (Å²) in [6, 6.07) is 12.7. The molecule has 2 saturated heterocycles. The lowest BCUT2D eigenvalue weighted by Crippen LogP contribution is -2.53. The molecule has 6 nitrogen and oxygen atoms in total. The van der Waals surface area contributed by atoms with E-state index in [-0.39, 0.29) is 29.1 Å². The van der Waals surface area contributed by atoms with E-state index in [1.807, 2.05) is 4.90 Å². The summed E-state index contributed by atoms with van der Waals surface area (Å²) in [6.07, 6.45) is 1.30. The first kappa shape index (κ1) is 22.0. The van der Waals surface area contributed by atoms with E-state index in [4.69, 9.17) is 11.6 Å². The average Bonchev–Trinajstić information content (AvgIpc) is 2.79. The molecular formula is C22H25ClFN3O3S. The molecule has 0 aromatic heterocycles. The molecule has 2 aromatic carbocycles. The molecule has 0 N–H and O–H groups in total. The van der Waals surface area contributed by atoms with Gasteiger partial charge in [-0.1, -0.05) is 23.7 Å². The summed E-state index contributed by atoms with van der Waals surface area (Å²) >= 11 is 5.87. The number of sulfonamides is 1. The first-order valence-electron chi connectivity index (χ1n) is 10.4. The largest absolute Gasteiger partial charge is 0.366 e. The number of benzene rings is 2. The molecule has 2 aliphatic rings. The van der Waals surface area contributed by atoms with E-state index in [9.17, 15) is 17.6 Å². The molecular weight excluding hydrogens is 441 g/mol. The molecule has 2 aliphatic heterocycles. The third-order valence-corrected chi connectivity index (χ3v) is 8.10. The van der Waals surface area contributed by atoms with Crippen molar-refractivity contribution in [1.29, 1.82) is 0 Å². The second-order valence-electron chi connectivity index (χ2n) is 7.92. The van der Waals surface area contributed by atoms with Crippen LogP contribution >= 0.6 is 11.6 Å². The number of hydrogen-bond donors (Lipinski definition) is 0. The van der Waals surface area contributed by atoms with Crippen molar-refractivity contribution in [3.8, 4) is 0 Å². The van der Waals surface area contributed by atoms with Crippen molar-refractivity contribution in [3.05, 3.63) is 59.4 Å². The smallest absolute Gasteiger partial charge is 0.243 e. The molecule has 31 heavy (non-hydrogen) atoms. The molecule has 9 heteroatoms. The molecule has 166 valence electrons. The van der Waals surface area contributed by atoms with E-state index in [1.165, 1.54) is 22.5 Å². The first-order valence-corrected chi connectivity index (χ1v) is 12.2. The molecule has 0 saturated carbocycles. The van der Waals surface area contributed by atoms with Gasteiger partial charge in [-0.3, -0.25) is 4.79 Å². The zero-order valence-electron chi connectivity index (χ0n) is 17.1. The normalized spacial score (nSPS) is 20.6. The van der Waals surface area contributed by atoms with Crippen LogP contribution in [0.2, 0.25) is 5.02 Å². The Balaban J connectivity index is 1.39. The second kappa shape index (κ2) is 9.14. The van der Waals surface area contributed by atoms with Crippen LogP contribution in [0.15, 0.2) is 53.4 Å². The number of piperazine rings is 1. The number of nitrogens with zero attached hydrogens (tertiary/aromatic N) is 3. The molecule has 2 aromatic rings. The monoisotopic (exact) mass is 465 g/mol. The van der Waals surface area contributed by atoms with Gasteiger partial charge in [-0.05, 0) is 49.2 Å². The second-order valence-corrected chi connectivity index (χ2v) is 10.3. The van der Waals surface area contributed by atoms with Gasteiger partial charge in [0.2, 0.25) is 15.9 Å². The predicted molar refractivity (Wildman–Crippen MR) is 118 cm³/mol. The van der Waals surface area contributed by atoms with E-state index >= 15 is 0 Å². The fourth-order valence-corrected chi connectivity index (χ4v) is 5.90. The summed E-state index contributed by atoms with van der Waals surface area (Å²) in [7, 11) is -3.67. The number of carbonyl (C=O) groups is 1. The van der Waals surface area contributed by atoms with Gasteiger partial charge in [-0.25, -0.2) is 12.8 Å². The van der Waals surface area contributed by atoms with Crippen molar-refractivity contribution in [2.75, 3.05) is 44.2 Å². The maximum atomic E-state index is 14.0. The van der Waals surface area contributed by atoms with Crippen LogP contribution in [0.4, 0.5) is 10.1 Å². The van der Waals surface area contributed by atoms with Crippen LogP contribution in [0.25, 0.3) is 0 Å². The minimum Gasteiger partial charge on any atom is -0.366 e. The highest BCUT2D eigenvalue weighted by molar-refractivity contribution is 7.89. The van der Waals surface area contributed by atoms with Crippen molar-refractivity contribution in [3.63, 3.8) is 0 Å². The number of halogens is 2. The molecule has 0 radical (unpaired) electrons. The van der Waals surface area contributed by atoms with Crippen LogP contribution in [0.5, 0.6) is 0 Å². The van der Waals surface area contributed by atoms with Gasteiger partial charge in [0.15, 0.2) is 0 Å². The summed E-state index contributed by atoms with van der Waals surface area (Å²) in [5.41, 5.74) is 0.549. The fraction of sp³-hybridized carbons (Fsp3) is 0.409. The van der Waals surface area contributed by atoms with Crippen molar-refractivity contribution < 1.29 is 17.6 Å². The van der Waals surface area contributed by atoms with E-state index in [2.05, 4.69) is 0 Å². The van der Waals surface area contributed by atoms with E-state index < -0.39 is 10.0 Å². The summed E-state index contributed by atoms with van der Waals surface area (Å²) in [5.74, 6) is -0.655. The van der Waals surface area contributed by atoms with Gasteiger partial charge >= 0.3 is 0 Å². The third-order valence-electron chi connectivity index (χ3n) is 5.97. The quantitative estimate of drug-likeness (QED) is 0.695. The average molecular weight is 466 g/mol. The van der Waals surface area contributed by atoms with Gasteiger partial charge in [-0.15, -0.1) is 0 Å². The SMILES string of the molecule is O=C([C@H]1CCCN(S(=O)(=O)c2ccc(Cl)cc2)C1)N1CCN(c2ccccc2F)CC1. The van der Waals surface area contributed by atoms with Gasteiger partial charge in [-0.2, -0.15) is 4.31 Å². The Bertz CT molecular complexity index is 1040. The minimum absolute atomic E-state index is 0.0239. The Morgan fingerprint density at radius 2 is 1.65 bits per heavy atom. The lowest BCUT2D eigenvalue weighted by Gasteiger charge is -2.39. The summed E-state index contributed by atoms with van der Waals surface area (Å²) in [5, 5.41) is 0.472.